The highest BCUT2D eigenvalue weighted by Crippen LogP contribution is 2.29. The molecule has 0 radical (unpaired) electrons. The van der Waals surface area contributed by atoms with E-state index < -0.39 is 10.4 Å². The Bertz CT molecular complexity index is 812. The van der Waals surface area contributed by atoms with E-state index in [1.165, 1.54) is 4.31 Å². The second-order valence-electron chi connectivity index (χ2n) is 8.21. The first-order valence-electron chi connectivity index (χ1n) is 10.7. The van der Waals surface area contributed by atoms with Crippen LogP contribution < -0.4 is 0 Å². The maximum Gasteiger partial charge on any atom is 0.248 e. The highest BCUT2D eigenvalue weighted by atomic mass is 32.3. The van der Waals surface area contributed by atoms with E-state index in [0.29, 0.717) is 45.6 Å². The lowest BCUT2D eigenvalue weighted by atomic mass is 9.95. The van der Waals surface area contributed by atoms with Crippen LogP contribution in [-0.2, 0) is 28.9 Å². The van der Waals surface area contributed by atoms with Gasteiger partial charge in [-0.3, -0.25) is 9.59 Å². The van der Waals surface area contributed by atoms with Crippen LogP contribution in [0.3, 0.4) is 0 Å². The molecule has 3 heterocycles. The second-order valence-corrected chi connectivity index (χ2v) is 10.1. The van der Waals surface area contributed by atoms with E-state index in [0.717, 1.165) is 12.8 Å². The molecule has 0 N–H and O–H groups in total. The molecule has 0 bridgehead atoms. The third-order valence-corrected chi connectivity index (χ3v) is 8.23. The number of benzene rings is 1. The number of nitrogens with zero attached hydrogens (tertiary/aromatic N) is 3. The molecule has 0 aliphatic carbocycles. The molecule has 9 heteroatoms. The van der Waals surface area contributed by atoms with Gasteiger partial charge in [-0.1, -0.05) is 22.4 Å². The number of morpholine rings is 1. The van der Waals surface area contributed by atoms with Gasteiger partial charge in [0.05, 0.1) is 19.1 Å². The molecule has 1 aromatic carbocycles. The van der Waals surface area contributed by atoms with Crippen molar-refractivity contribution in [2.45, 2.75) is 36.6 Å². The largest absolute Gasteiger partial charge is 0.593 e. The molecule has 8 nitrogen and oxygen atoms in total. The maximum atomic E-state index is 13.1. The third kappa shape index (κ3) is 4.44. The number of hydrogen-bond donors (Lipinski definition) is 0. The zero-order valence-corrected chi connectivity index (χ0v) is 17.9. The van der Waals surface area contributed by atoms with Gasteiger partial charge in [0.25, 0.3) is 0 Å². The summed E-state index contributed by atoms with van der Waals surface area (Å²) in [6, 6.07) is 8.56. The molecular formula is C21H29N3O5S. The number of carbonyl (C=O) groups is 2. The summed E-state index contributed by atoms with van der Waals surface area (Å²) in [5.74, 6) is -0.242. The van der Waals surface area contributed by atoms with Gasteiger partial charge in [-0.25, -0.2) is 0 Å². The van der Waals surface area contributed by atoms with Crippen LogP contribution in [0.5, 0.6) is 0 Å². The molecule has 2 atom stereocenters. The van der Waals surface area contributed by atoms with E-state index in [1.54, 1.807) is 30.3 Å². The fourth-order valence-electron chi connectivity index (χ4n) is 4.68. The molecule has 1 aromatic rings. The van der Waals surface area contributed by atoms with Crippen LogP contribution in [-0.4, -0.2) is 82.5 Å². The lowest BCUT2D eigenvalue weighted by molar-refractivity contribution is -0.148. The van der Waals surface area contributed by atoms with Crippen molar-refractivity contribution in [3.05, 3.63) is 30.3 Å². The third-order valence-electron chi connectivity index (χ3n) is 6.35. The van der Waals surface area contributed by atoms with Crippen molar-refractivity contribution in [1.82, 2.24) is 14.1 Å². The molecule has 164 valence electrons. The normalized spacial score (nSPS) is 26.4. The molecule has 3 aliphatic heterocycles. The number of rotatable bonds is 4. The molecule has 0 spiro atoms. The molecule has 0 aromatic heterocycles. The minimum absolute atomic E-state index is 0.0278. The lowest BCUT2D eigenvalue weighted by Crippen LogP contribution is -2.54. The number of likely N-dealkylation sites (tertiary alicyclic amines) is 1. The first-order chi connectivity index (χ1) is 14.5. The topological polar surface area (TPSA) is 93.2 Å². The van der Waals surface area contributed by atoms with Gasteiger partial charge in [-0.15, -0.1) is 4.31 Å². The van der Waals surface area contributed by atoms with Crippen molar-refractivity contribution >= 4 is 22.2 Å². The monoisotopic (exact) mass is 435 g/mol. The Kier molecular flexibility index (Phi) is 6.52. The fourth-order valence-corrected chi connectivity index (χ4v) is 6.22. The zero-order valence-electron chi connectivity index (χ0n) is 17.1. The van der Waals surface area contributed by atoms with E-state index in [4.69, 9.17) is 4.74 Å². The zero-order chi connectivity index (χ0) is 21.1. The summed E-state index contributed by atoms with van der Waals surface area (Å²) in [5, 5.41) is 0. The minimum atomic E-state index is -3.58. The standard InChI is InChI=1S/C21H29N3O5S/c25-20-16-29-14-13-24(20)18-8-11-22(12-9-18)21(26)17-5-4-10-23(15-17)30(27,28)19-6-2-1-3-7-19/h1-3,6-7,17-18H,4-5,8-16H2. The summed E-state index contributed by atoms with van der Waals surface area (Å²) >= 11 is 0. The number of hydrogen-bond acceptors (Lipinski definition) is 5. The Balaban J connectivity index is 1.35. The van der Waals surface area contributed by atoms with Crippen LogP contribution in [0.1, 0.15) is 25.7 Å². The lowest BCUT2D eigenvalue weighted by Gasteiger charge is -2.41. The van der Waals surface area contributed by atoms with E-state index in [1.807, 2.05) is 9.80 Å². The highest BCUT2D eigenvalue weighted by molar-refractivity contribution is 7.95. The summed E-state index contributed by atoms with van der Waals surface area (Å²) in [5.41, 5.74) is 0. The van der Waals surface area contributed by atoms with Gasteiger partial charge in [0.1, 0.15) is 6.61 Å². The predicted molar refractivity (Wildman–Crippen MR) is 110 cm³/mol. The van der Waals surface area contributed by atoms with Crippen LogP contribution in [0.4, 0.5) is 0 Å². The fraction of sp³-hybridized carbons (Fsp3) is 0.619. The maximum absolute atomic E-state index is 13.1. The van der Waals surface area contributed by atoms with Crippen molar-refractivity contribution in [1.29, 1.82) is 0 Å². The predicted octanol–water partition coefficient (Wildman–Crippen LogP) is 1.15. The SMILES string of the molecule is O=C(C1CCCN([S+](=O)([O-])c2ccccc2)C1)N1CCC(N2CCOCC2=O)CC1. The minimum Gasteiger partial charge on any atom is -0.593 e. The highest BCUT2D eigenvalue weighted by Gasteiger charge is 2.39. The Hall–Kier alpha value is -1.81. The van der Waals surface area contributed by atoms with Crippen LogP contribution in [0, 0.1) is 5.92 Å². The van der Waals surface area contributed by atoms with Crippen molar-refractivity contribution in [2.75, 3.05) is 45.9 Å². The van der Waals surface area contributed by atoms with E-state index in [2.05, 4.69) is 0 Å². The van der Waals surface area contributed by atoms with Gasteiger partial charge in [0.2, 0.25) is 11.8 Å². The van der Waals surface area contributed by atoms with Crippen molar-refractivity contribution < 1.29 is 23.1 Å². The molecule has 3 aliphatic rings. The average Bonchev–Trinajstić information content (AvgIpc) is 2.80. The average molecular weight is 436 g/mol. The van der Waals surface area contributed by atoms with Crippen LogP contribution >= 0.6 is 0 Å². The second kappa shape index (κ2) is 9.13. The van der Waals surface area contributed by atoms with Gasteiger partial charge < -0.3 is 19.1 Å². The first kappa shape index (κ1) is 21.4. The van der Waals surface area contributed by atoms with Crippen LogP contribution in [0.2, 0.25) is 0 Å². The van der Waals surface area contributed by atoms with Crippen molar-refractivity contribution in [3.8, 4) is 0 Å². The van der Waals surface area contributed by atoms with Crippen LogP contribution in [0.25, 0.3) is 0 Å². The molecule has 3 saturated heterocycles. The number of ether oxygens (including phenoxy) is 1. The molecule has 3 fully saturated rings. The van der Waals surface area contributed by atoms with E-state index in [-0.39, 0.29) is 41.8 Å². The first-order valence-corrected chi connectivity index (χ1v) is 12.1. The van der Waals surface area contributed by atoms with E-state index in [9.17, 15) is 18.4 Å². The summed E-state index contributed by atoms with van der Waals surface area (Å²) in [6.07, 6.45) is 2.91. The van der Waals surface area contributed by atoms with Gasteiger partial charge in [0.15, 0.2) is 15.3 Å². The number of piperidine rings is 2. The van der Waals surface area contributed by atoms with Crippen molar-refractivity contribution in [2.24, 2.45) is 5.92 Å². The van der Waals surface area contributed by atoms with Crippen LogP contribution in [0.15, 0.2) is 35.2 Å². The molecule has 2 amide bonds. The van der Waals surface area contributed by atoms with Crippen molar-refractivity contribution in [3.63, 3.8) is 0 Å². The number of amides is 2. The Morgan fingerprint density at radius 3 is 2.50 bits per heavy atom. The summed E-state index contributed by atoms with van der Waals surface area (Å²) < 4.78 is 32.5. The molecule has 0 saturated carbocycles. The van der Waals surface area contributed by atoms with Gasteiger partial charge in [-0.05, 0) is 37.8 Å². The summed E-state index contributed by atoms with van der Waals surface area (Å²) in [7, 11) is -3.58. The number of carbonyl (C=O) groups excluding carboxylic acids is 2. The molecule has 4 rings (SSSR count). The Morgan fingerprint density at radius 2 is 1.80 bits per heavy atom. The molecule has 30 heavy (non-hydrogen) atoms. The van der Waals surface area contributed by atoms with Gasteiger partial charge in [-0.2, -0.15) is 0 Å². The van der Waals surface area contributed by atoms with Gasteiger partial charge >= 0.3 is 0 Å². The van der Waals surface area contributed by atoms with Gasteiger partial charge in [0, 0.05) is 32.2 Å². The number of sulfonamides is 1. The molecule has 2 unspecified atom stereocenters. The molecular weight excluding hydrogens is 406 g/mol. The smallest absolute Gasteiger partial charge is 0.248 e. The van der Waals surface area contributed by atoms with E-state index >= 15 is 0 Å². The summed E-state index contributed by atoms with van der Waals surface area (Å²) in [4.78, 5) is 29.2. The Morgan fingerprint density at radius 1 is 1.07 bits per heavy atom. The quantitative estimate of drug-likeness (QED) is 0.662. The summed E-state index contributed by atoms with van der Waals surface area (Å²) in [6.45, 7) is 3.23. The Labute approximate surface area is 178 Å².